The molecular formula is C13H11BrN4S. The minimum Gasteiger partial charge on any atom is -0.390 e. The minimum atomic E-state index is 0.732. The number of fused-ring (bicyclic) bond motifs is 2. The molecule has 3 heterocycles. The number of nitrogens with two attached hydrogens (primary N) is 1. The third kappa shape index (κ3) is 1.70. The minimum absolute atomic E-state index is 0.732. The van der Waals surface area contributed by atoms with Crippen molar-refractivity contribution >= 4 is 43.4 Å². The third-order valence-corrected chi connectivity index (χ3v) is 5.04. The standard InChI is InChI=1S/C13H11BrN4S/c14-6-4-8-12(16-5-6)18-13(17-8)10-7-2-1-3-9(7)19-11(10)15/h4-5H,1-3,15H2,(H,16,17,18). The molecule has 19 heavy (non-hydrogen) atoms. The van der Waals surface area contributed by atoms with Crippen molar-refractivity contribution in [2.75, 3.05) is 5.73 Å². The van der Waals surface area contributed by atoms with Gasteiger partial charge in [-0.3, -0.25) is 0 Å². The Morgan fingerprint density at radius 2 is 2.26 bits per heavy atom. The molecule has 0 bridgehead atoms. The number of aromatic amines is 1. The Labute approximate surface area is 122 Å². The number of nitrogens with zero attached hydrogens (tertiary/aromatic N) is 2. The molecule has 0 aliphatic heterocycles. The Kier molecular flexibility index (Phi) is 2.43. The van der Waals surface area contributed by atoms with Crippen molar-refractivity contribution in [3.05, 3.63) is 27.2 Å². The van der Waals surface area contributed by atoms with E-state index in [-0.39, 0.29) is 0 Å². The zero-order valence-corrected chi connectivity index (χ0v) is 12.4. The van der Waals surface area contributed by atoms with E-state index >= 15 is 0 Å². The summed E-state index contributed by atoms with van der Waals surface area (Å²) in [7, 11) is 0. The molecular weight excluding hydrogens is 324 g/mol. The molecule has 0 spiro atoms. The van der Waals surface area contributed by atoms with E-state index in [1.165, 1.54) is 16.9 Å². The lowest BCUT2D eigenvalue weighted by Gasteiger charge is -1.98. The topological polar surface area (TPSA) is 67.6 Å². The summed E-state index contributed by atoms with van der Waals surface area (Å²) in [6.07, 6.45) is 5.23. The molecule has 1 aliphatic rings. The fraction of sp³-hybridized carbons (Fsp3) is 0.231. The first kappa shape index (κ1) is 11.4. The van der Waals surface area contributed by atoms with Crippen LogP contribution in [-0.2, 0) is 12.8 Å². The van der Waals surface area contributed by atoms with Crippen molar-refractivity contribution < 1.29 is 0 Å². The van der Waals surface area contributed by atoms with Crippen molar-refractivity contribution in [1.82, 2.24) is 15.0 Å². The fourth-order valence-electron chi connectivity index (χ4n) is 2.68. The number of thiophene rings is 1. The zero-order chi connectivity index (χ0) is 13.0. The van der Waals surface area contributed by atoms with Crippen molar-refractivity contribution in [3.8, 4) is 11.4 Å². The molecule has 0 radical (unpaired) electrons. The summed E-state index contributed by atoms with van der Waals surface area (Å²) >= 11 is 5.12. The van der Waals surface area contributed by atoms with Crippen molar-refractivity contribution in [3.63, 3.8) is 0 Å². The van der Waals surface area contributed by atoms with Gasteiger partial charge in [0.05, 0.1) is 16.1 Å². The van der Waals surface area contributed by atoms with Crippen molar-refractivity contribution in [1.29, 1.82) is 0 Å². The second kappa shape index (κ2) is 4.05. The lowest BCUT2D eigenvalue weighted by atomic mass is 10.1. The predicted octanol–water partition coefficient (Wildman–Crippen LogP) is 3.52. The molecule has 6 heteroatoms. The summed E-state index contributed by atoms with van der Waals surface area (Å²) in [6.45, 7) is 0. The van der Waals surface area contributed by atoms with Gasteiger partial charge in [0, 0.05) is 15.5 Å². The maximum Gasteiger partial charge on any atom is 0.178 e. The summed E-state index contributed by atoms with van der Waals surface area (Å²) in [4.78, 5) is 13.6. The molecule has 0 saturated carbocycles. The van der Waals surface area contributed by atoms with Gasteiger partial charge in [-0.1, -0.05) is 0 Å². The summed E-state index contributed by atoms with van der Waals surface area (Å²) in [6, 6.07) is 1.99. The second-order valence-corrected chi connectivity index (χ2v) is 6.76. The van der Waals surface area contributed by atoms with E-state index in [0.717, 1.165) is 44.9 Å². The lowest BCUT2D eigenvalue weighted by Crippen LogP contribution is -1.89. The van der Waals surface area contributed by atoms with E-state index in [0.29, 0.717) is 0 Å². The molecule has 3 aromatic heterocycles. The van der Waals surface area contributed by atoms with Crippen LogP contribution in [0.5, 0.6) is 0 Å². The van der Waals surface area contributed by atoms with Crippen LogP contribution in [0, 0.1) is 0 Å². The molecule has 0 unspecified atom stereocenters. The summed E-state index contributed by atoms with van der Waals surface area (Å²) in [5.74, 6) is 0.845. The first-order valence-electron chi connectivity index (χ1n) is 6.14. The number of imidazole rings is 1. The van der Waals surface area contributed by atoms with Crippen LogP contribution >= 0.6 is 27.3 Å². The number of pyridine rings is 1. The molecule has 3 N–H and O–H groups in total. The quantitative estimate of drug-likeness (QED) is 0.715. The van der Waals surface area contributed by atoms with E-state index in [1.807, 2.05) is 6.07 Å². The highest BCUT2D eigenvalue weighted by atomic mass is 79.9. The molecule has 0 amide bonds. The molecule has 96 valence electrons. The average molecular weight is 335 g/mol. The van der Waals surface area contributed by atoms with Gasteiger partial charge in [0.2, 0.25) is 0 Å². The average Bonchev–Trinajstić information content (AvgIpc) is 3.01. The number of rotatable bonds is 1. The largest absolute Gasteiger partial charge is 0.390 e. The predicted molar refractivity (Wildman–Crippen MR) is 81.3 cm³/mol. The monoisotopic (exact) mass is 334 g/mol. The third-order valence-electron chi connectivity index (χ3n) is 3.49. The van der Waals surface area contributed by atoms with Crippen LogP contribution in [0.3, 0.4) is 0 Å². The van der Waals surface area contributed by atoms with Gasteiger partial charge in [-0.05, 0) is 46.8 Å². The maximum atomic E-state index is 6.16. The normalized spacial score (nSPS) is 14.2. The van der Waals surface area contributed by atoms with Gasteiger partial charge in [-0.2, -0.15) is 0 Å². The van der Waals surface area contributed by atoms with Gasteiger partial charge in [0.1, 0.15) is 5.82 Å². The van der Waals surface area contributed by atoms with Crippen LogP contribution in [0.1, 0.15) is 16.9 Å². The Hall–Kier alpha value is -1.40. The van der Waals surface area contributed by atoms with Crippen LogP contribution in [0.2, 0.25) is 0 Å². The molecule has 0 saturated heterocycles. The highest BCUT2D eigenvalue weighted by Gasteiger charge is 2.23. The number of aryl methyl sites for hydroxylation is 1. The lowest BCUT2D eigenvalue weighted by molar-refractivity contribution is 0.915. The van der Waals surface area contributed by atoms with Gasteiger partial charge in [-0.25, -0.2) is 9.97 Å². The number of anilines is 1. The van der Waals surface area contributed by atoms with Gasteiger partial charge in [0.15, 0.2) is 5.65 Å². The Balaban J connectivity index is 1.95. The van der Waals surface area contributed by atoms with Crippen LogP contribution in [0.25, 0.3) is 22.6 Å². The number of nitrogens with one attached hydrogen (secondary N) is 1. The van der Waals surface area contributed by atoms with Crippen molar-refractivity contribution in [2.45, 2.75) is 19.3 Å². The fourth-order valence-corrected chi connectivity index (χ4v) is 4.17. The Bertz CT molecular complexity index is 789. The molecule has 0 aromatic carbocycles. The van der Waals surface area contributed by atoms with Crippen LogP contribution in [-0.4, -0.2) is 15.0 Å². The SMILES string of the molecule is Nc1sc2c(c1-c1nc3ncc(Br)cc3[nH]1)CCC2. The van der Waals surface area contributed by atoms with E-state index < -0.39 is 0 Å². The first-order chi connectivity index (χ1) is 9.22. The van der Waals surface area contributed by atoms with Gasteiger partial charge in [-0.15, -0.1) is 11.3 Å². The number of hydrogen-bond donors (Lipinski definition) is 2. The van der Waals surface area contributed by atoms with E-state index in [9.17, 15) is 0 Å². The Morgan fingerprint density at radius 1 is 1.37 bits per heavy atom. The molecule has 1 aliphatic carbocycles. The first-order valence-corrected chi connectivity index (χ1v) is 7.75. The van der Waals surface area contributed by atoms with E-state index in [4.69, 9.17) is 5.73 Å². The van der Waals surface area contributed by atoms with Gasteiger partial charge < -0.3 is 10.7 Å². The van der Waals surface area contributed by atoms with Gasteiger partial charge >= 0.3 is 0 Å². The van der Waals surface area contributed by atoms with E-state index in [2.05, 4.69) is 30.9 Å². The molecule has 4 rings (SSSR count). The molecule has 3 aromatic rings. The number of hydrogen-bond acceptors (Lipinski definition) is 4. The smallest absolute Gasteiger partial charge is 0.178 e. The maximum absolute atomic E-state index is 6.16. The summed E-state index contributed by atoms with van der Waals surface area (Å²) < 4.78 is 0.943. The number of aromatic nitrogens is 3. The molecule has 0 atom stereocenters. The second-order valence-electron chi connectivity index (χ2n) is 4.71. The van der Waals surface area contributed by atoms with Crippen molar-refractivity contribution in [2.24, 2.45) is 0 Å². The highest BCUT2D eigenvalue weighted by molar-refractivity contribution is 9.10. The van der Waals surface area contributed by atoms with Gasteiger partial charge in [0.25, 0.3) is 0 Å². The molecule has 4 nitrogen and oxygen atoms in total. The number of halogens is 1. The number of H-pyrrole nitrogens is 1. The van der Waals surface area contributed by atoms with Crippen LogP contribution in [0.4, 0.5) is 5.00 Å². The highest BCUT2D eigenvalue weighted by Crippen LogP contribution is 2.42. The molecule has 0 fully saturated rings. The van der Waals surface area contributed by atoms with Crippen LogP contribution in [0.15, 0.2) is 16.7 Å². The summed E-state index contributed by atoms with van der Waals surface area (Å²) in [5, 5.41) is 0.864. The number of nitrogen functional groups attached to an aromatic ring is 1. The summed E-state index contributed by atoms with van der Waals surface area (Å²) in [5.41, 5.74) is 10.3. The zero-order valence-electron chi connectivity index (χ0n) is 10.0. The van der Waals surface area contributed by atoms with Crippen LogP contribution < -0.4 is 5.73 Å². The van der Waals surface area contributed by atoms with E-state index in [1.54, 1.807) is 17.5 Å². The Morgan fingerprint density at radius 3 is 3.16 bits per heavy atom.